The van der Waals surface area contributed by atoms with Gasteiger partial charge in [0.25, 0.3) is 0 Å². The fourth-order valence-electron chi connectivity index (χ4n) is 3.11. The van der Waals surface area contributed by atoms with Crippen LogP contribution < -0.4 is 0 Å². The Labute approximate surface area is 135 Å². The first kappa shape index (κ1) is 21.0. The van der Waals surface area contributed by atoms with E-state index >= 15 is 0 Å². The van der Waals surface area contributed by atoms with Gasteiger partial charge in [0.2, 0.25) is 0 Å². The lowest BCUT2D eigenvalue weighted by atomic mass is 10.0. The normalized spacial score (nSPS) is 11.7. The van der Waals surface area contributed by atoms with Crippen LogP contribution in [0.25, 0.3) is 0 Å². The number of hydrogen-bond donors (Lipinski definition) is 0. The van der Waals surface area contributed by atoms with Gasteiger partial charge in [-0.2, -0.15) is 0 Å². The molecule has 1 heteroatoms. The van der Waals surface area contributed by atoms with E-state index < -0.39 is 0 Å². The minimum atomic E-state index is 0.715. The van der Waals surface area contributed by atoms with Gasteiger partial charge in [-0.05, 0) is 33.4 Å². The molecular formula is C20H43N. The van der Waals surface area contributed by atoms with Crippen molar-refractivity contribution in [2.24, 2.45) is 0 Å². The second-order valence-corrected chi connectivity index (χ2v) is 6.96. The summed E-state index contributed by atoms with van der Waals surface area (Å²) in [5.41, 5.74) is 0. The Kier molecular flexibility index (Phi) is 16.3. The van der Waals surface area contributed by atoms with Crippen LogP contribution in [0.1, 0.15) is 111 Å². The Balaban J connectivity index is 3.12. The third-order valence-corrected chi connectivity index (χ3v) is 4.69. The molecule has 0 saturated heterocycles. The molecule has 0 amide bonds. The number of nitrogens with zero attached hydrogens (tertiary/aromatic N) is 1. The molecule has 0 aliphatic rings. The van der Waals surface area contributed by atoms with Crippen molar-refractivity contribution in [3.63, 3.8) is 0 Å². The van der Waals surface area contributed by atoms with Crippen molar-refractivity contribution < 1.29 is 0 Å². The largest absolute Gasteiger partial charge is 0.301 e. The molecule has 0 spiro atoms. The molecule has 128 valence electrons. The molecule has 0 aliphatic carbocycles. The average Bonchev–Trinajstić information content (AvgIpc) is 2.47. The van der Waals surface area contributed by atoms with E-state index in [0.717, 1.165) is 0 Å². The maximum atomic E-state index is 2.58. The Morgan fingerprint density at radius 2 is 0.952 bits per heavy atom. The molecule has 0 saturated carbocycles. The van der Waals surface area contributed by atoms with Crippen LogP contribution in [0.15, 0.2) is 0 Å². The highest BCUT2D eigenvalue weighted by Gasteiger charge is 2.05. The lowest BCUT2D eigenvalue weighted by molar-refractivity contribution is 0.228. The second kappa shape index (κ2) is 16.3. The summed E-state index contributed by atoms with van der Waals surface area (Å²) in [5, 5.41) is 0. The smallest absolute Gasteiger partial charge is 0.00384 e. The van der Waals surface area contributed by atoms with Crippen molar-refractivity contribution in [3.8, 4) is 0 Å². The fourth-order valence-corrected chi connectivity index (χ4v) is 3.11. The minimum absolute atomic E-state index is 0.715. The van der Waals surface area contributed by atoms with E-state index in [2.05, 4.69) is 32.6 Å². The average molecular weight is 298 g/mol. The van der Waals surface area contributed by atoms with Crippen LogP contribution in [-0.2, 0) is 0 Å². The van der Waals surface area contributed by atoms with Crippen molar-refractivity contribution in [1.82, 2.24) is 4.90 Å². The van der Waals surface area contributed by atoms with E-state index in [1.54, 1.807) is 0 Å². The molecule has 0 aromatic heterocycles. The number of unbranched alkanes of at least 4 members (excludes halogenated alkanes) is 12. The first-order chi connectivity index (χ1) is 10.2. The van der Waals surface area contributed by atoms with Gasteiger partial charge in [-0.25, -0.2) is 0 Å². The van der Waals surface area contributed by atoms with Crippen LogP contribution in [0, 0.1) is 0 Å². The van der Waals surface area contributed by atoms with Crippen LogP contribution >= 0.6 is 0 Å². The van der Waals surface area contributed by atoms with Gasteiger partial charge in [0.05, 0.1) is 0 Å². The predicted octanol–water partition coefficient (Wildman–Crippen LogP) is 6.81. The summed E-state index contributed by atoms with van der Waals surface area (Å²) < 4.78 is 0. The topological polar surface area (TPSA) is 3.24 Å². The highest BCUT2D eigenvalue weighted by molar-refractivity contribution is 4.60. The molecule has 0 radical (unpaired) electrons. The molecule has 0 N–H and O–H groups in total. The van der Waals surface area contributed by atoms with Gasteiger partial charge in [0.1, 0.15) is 0 Å². The SMILES string of the molecule is CCCCCCCCCCCCCCCN(CC)C(C)C. The van der Waals surface area contributed by atoms with Crippen LogP contribution in [0.5, 0.6) is 0 Å². The van der Waals surface area contributed by atoms with E-state index in [0.29, 0.717) is 6.04 Å². The lowest BCUT2D eigenvalue weighted by Crippen LogP contribution is -2.31. The van der Waals surface area contributed by atoms with E-state index in [1.165, 1.54) is 96.6 Å². The maximum Gasteiger partial charge on any atom is 0.00384 e. The third-order valence-electron chi connectivity index (χ3n) is 4.69. The molecule has 0 aromatic rings. The monoisotopic (exact) mass is 297 g/mol. The predicted molar refractivity (Wildman–Crippen MR) is 98.1 cm³/mol. The molecule has 21 heavy (non-hydrogen) atoms. The van der Waals surface area contributed by atoms with E-state index in [-0.39, 0.29) is 0 Å². The first-order valence-corrected chi connectivity index (χ1v) is 9.96. The maximum absolute atomic E-state index is 2.58. The van der Waals surface area contributed by atoms with Crippen molar-refractivity contribution in [2.75, 3.05) is 13.1 Å². The molecular weight excluding hydrogens is 254 g/mol. The summed E-state index contributed by atoms with van der Waals surface area (Å²) in [6.07, 6.45) is 18.8. The highest BCUT2D eigenvalue weighted by atomic mass is 15.1. The summed E-state index contributed by atoms with van der Waals surface area (Å²) in [7, 11) is 0. The Morgan fingerprint density at radius 3 is 1.29 bits per heavy atom. The molecule has 1 nitrogen and oxygen atoms in total. The summed E-state index contributed by atoms with van der Waals surface area (Å²) in [6.45, 7) is 11.7. The zero-order valence-electron chi connectivity index (χ0n) is 15.6. The third kappa shape index (κ3) is 14.7. The van der Waals surface area contributed by atoms with Crippen LogP contribution in [0.4, 0.5) is 0 Å². The van der Waals surface area contributed by atoms with E-state index in [1.807, 2.05) is 0 Å². The van der Waals surface area contributed by atoms with Gasteiger partial charge >= 0.3 is 0 Å². The second-order valence-electron chi connectivity index (χ2n) is 6.96. The summed E-state index contributed by atoms with van der Waals surface area (Å²) in [4.78, 5) is 2.58. The Morgan fingerprint density at radius 1 is 0.571 bits per heavy atom. The Bertz CT molecular complexity index is 188. The molecule has 0 fully saturated rings. The first-order valence-electron chi connectivity index (χ1n) is 9.96. The zero-order valence-corrected chi connectivity index (χ0v) is 15.6. The highest BCUT2D eigenvalue weighted by Crippen LogP contribution is 2.12. The summed E-state index contributed by atoms with van der Waals surface area (Å²) >= 11 is 0. The van der Waals surface area contributed by atoms with E-state index in [4.69, 9.17) is 0 Å². The quantitative estimate of drug-likeness (QED) is 0.283. The molecule has 0 unspecified atom stereocenters. The van der Waals surface area contributed by atoms with Gasteiger partial charge < -0.3 is 4.90 Å². The Hall–Kier alpha value is -0.0400. The van der Waals surface area contributed by atoms with Crippen molar-refractivity contribution in [1.29, 1.82) is 0 Å². The molecule has 0 atom stereocenters. The van der Waals surface area contributed by atoms with Gasteiger partial charge in [-0.15, -0.1) is 0 Å². The van der Waals surface area contributed by atoms with Crippen LogP contribution in [0.2, 0.25) is 0 Å². The van der Waals surface area contributed by atoms with Crippen LogP contribution in [-0.4, -0.2) is 24.0 Å². The van der Waals surface area contributed by atoms with Gasteiger partial charge in [-0.3, -0.25) is 0 Å². The zero-order chi connectivity index (χ0) is 15.8. The van der Waals surface area contributed by atoms with E-state index in [9.17, 15) is 0 Å². The molecule has 0 bridgehead atoms. The van der Waals surface area contributed by atoms with Crippen molar-refractivity contribution in [2.45, 2.75) is 117 Å². The molecule has 0 rings (SSSR count). The number of hydrogen-bond acceptors (Lipinski definition) is 1. The van der Waals surface area contributed by atoms with Crippen molar-refractivity contribution in [3.05, 3.63) is 0 Å². The molecule has 0 aliphatic heterocycles. The standard InChI is InChI=1S/C20H43N/c1-5-7-8-9-10-11-12-13-14-15-16-17-18-19-21(6-2)20(3)4/h20H,5-19H2,1-4H3. The lowest BCUT2D eigenvalue weighted by Gasteiger charge is -2.24. The fraction of sp³-hybridized carbons (Fsp3) is 1.00. The van der Waals surface area contributed by atoms with Gasteiger partial charge in [-0.1, -0.05) is 90.9 Å². The number of rotatable bonds is 16. The molecule has 0 heterocycles. The summed E-state index contributed by atoms with van der Waals surface area (Å²) in [5.74, 6) is 0. The van der Waals surface area contributed by atoms with Gasteiger partial charge in [0, 0.05) is 6.04 Å². The van der Waals surface area contributed by atoms with Crippen molar-refractivity contribution >= 4 is 0 Å². The minimum Gasteiger partial charge on any atom is -0.301 e. The van der Waals surface area contributed by atoms with Gasteiger partial charge in [0.15, 0.2) is 0 Å². The van der Waals surface area contributed by atoms with Crippen LogP contribution in [0.3, 0.4) is 0 Å². The summed E-state index contributed by atoms with van der Waals surface area (Å²) in [6, 6.07) is 0.715. The molecule has 0 aromatic carbocycles.